The van der Waals surface area contributed by atoms with E-state index in [0.29, 0.717) is 6.54 Å². The molecule has 0 aromatic heterocycles. The molecule has 3 rings (SSSR count). The highest BCUT2D eigenvalue weighted by Crippen LogP contribution is 2.26. The van der Waals surface area contributed by atoms with Crippen molar-refractivity contribution in [3.63, 3.8) is 0 Å². The van der Waals surface area contributed by atoms with Crippen LogP contribution < -0.4 is 5.32 Å². The number of rotatable bonds is 6. The number of benzene rings is 3. The molecule has 0 fully saturated rings. The molecule has 1 atom stereocenters. The molecule has 0 spiro atoms. The van der Waals surface area contributed by atoms with Crippen LogP contribution in [-0.4, -0.2) is 11.1 Å². The lowest BCUT2D eigenvalue weighted by Crippen LogP contribution is -2.28. The molecule has 0 saturated heterocycles. The average molecular weight is 347 g/mol. The molecule has 0 unspecified atom stereocenters. The van der Waals surface area contributed by atoms with E-state index in [0.717, 1.165) is 11.1 Å². The van der Waals surface area contributed by atoms with Crippen molar-refractivity contribution in [3.8, 4) is 0 Å². The Labute approximate surface area is 154 Å². The zero-order valence-electron chi connectivity index (χ0n) is 15.5. The molecule has 3 aromatic carbocycles. The highest BCUT2D eigenvalue weighted by molar-refractivity contribution is 5.86. The molecule has 3 aromatic rings. The van der Waals surface area contributed by atoms with Crippen LogP contribution in [0.5, 0.6) is 0 Å². The Balaban J connectivity index is 1.78. The van der Waals surface area contributed by atoms with E-state index in [9.17, 15) is 9.90 Å². The van der Waals surface area contributed by atoms with Gasteiger partial charge in [0.1, 0.15) is 0 Å². The van der Waals surface area contributed by atoms with Crippen LogP contribution in [0.25, 0.3) is 10.8 Å². The number of nitrogens with one attached hydrogen (secondary N) is 1. The minimum absolute atomic E-state index is 0.192. The number of carboxylic acids is 1. The van der Waals surface area contributed by atoms with Crippen LogP contribution >= 0.6 is 0 Å². The summed E-state index contributed by atoms with van der Waals surface area (Å²) in [6.45, 7) is 6.32. The van der Waals surface area contributed by atoms with Crippen LogP contribution in [0.3, 0.4) is 0 Å². The molecule has 0 heterocycles. The molecule has 0 aliphatic heterocycles. The maximum Gasteiger partial charge on any atom is 0.313 e. The largest absolute Gasteiger partial charge is 0.481 e. The highest BCUT2D eigenvalue weighted by Gasteiger charge is 2.29. The van der Waals surface area contributed by atoms with Gasteiger partial charge in [0.25, 0.3) is 0 Å². The Bertz CT molecular complexity index is 925. The van der Waals surface area contributed by atoms with E-state index in [1.165, 1.54) is 16.3 Å². The van der Waals surface area contributed by atoms with Crippen LogP contribution in [0.15, 0.2) is 66.7 Å². The summed E-state index contributed by atoms with van der Waals surface area (Å²) in [7, 11) is 0. The predicted molar refractivity (Wildman–Crippen MR) is 106 cm³/mol. The predicted octanol–water partition coefficient (Wildman–Crippen LogP) is 5.05. The van der Waals surface area contributed by atoms with Gasteiger partial charge in [-0.25, -0.2) is 0 Å². The lowest BCUT2D eigenvalue weighted by molar-refractivity contribution is -0.142. The van der Waals surface area contributed by atoms with Gasteiger partial charge in [0, 0.05) is 12.6 Å². The van der Waals surface area contributed by atoms with Gasteiger partial charge in [0.05, 0.1) is 5.41 Å². The fraction of sp³-hybridized carbons (Fsp3) is 0.261. The van der Waals surface area contributed by atoms with Crippen molar-refractivity contribution in [2.24, 2.45) is 0 Å². The Morgan fingerprint density at radius 1 is 1.04 bits per heavy atom. The first kappa shape index (κ1) is 18.2. The van der Waals surface area contributed by atoms with Crippen LogP contribution in [0.2, 0.25) is 0 Å². The molecule has 0 saturated carbocycles. The van der Waals surface area contributed by atoms with E-state index >= 15 is 0 Å². The number of hydrogen-bond acceptors (Lipinski definition) is 2. The van der Waals surface area contributed by atoms with Crippen molar-refractivity contribution in [1.82, 2.24) is 5.32 Å². The molecule has 0 aliphatic rings. The fourth-order valence-electron chi connectivity index (χ4n) is 3.20. The number of aliphatic carboxylic acids is 1. The molecule has 3 nitrogen and oxygen atoms in total. The Hall–Kier alpha value is -2.65. The highest BCUT2D eigenvalue weighted by atomic mass is 16.4. The molecular formula is C23H25NO2. The van der Waals surface area contributed by atoms with Gasteiger partial charge in [0.15, 0.2) is 0 Å². The Morgan fingerprint density at radius 3 is 2.50 bits per heavy atom. The van der Waals surface area contributed by atoms with Gasteiger partial charge in [0.2, 0.25) is 0 Å². The fourth-order valence-corrected chi connectivity index (χ4v) is 3.20. The van der Waals surface area contributed by atoms with E-state index in [1.807, 2.05) is 24.3 Å². The van der Waals surface area contributed by atoms with Crippen molar-refractivity contribution in [2.75, 3.05) is 0 Å². The van der Waals surface area contributed by atoms with Crippen LogP contribution in [0.1, 0.15) is 43.5 Å². The van der Waals surface area contributed by atoms with Crippen molar-refractivity contribution in [1.29, 1.82) is 0 Å². The van der Waals surface area contributed by atoms with Gasteiger partial charge in [-0.15, -0.1) is 0 Å². The maximum atomic E-state index is 11.5. The molecule has 2 N–H and O–H groups in total. The van der Waals surface area contributed by atoms with E-state index in [2.05, 4.69) is 54.7 Å². The van der Waals surface area contributed by atoms with Gasteiger partial charge in [-0.3, -0.25) is 4.79 Å². The molecule has 3 heteroatoms. The third kappa shape index (κ3) is 3.63. The third-order valence-corrected chi connectivity index (χ3v) is 5.09. The second-order valence-corrected chi connectivity index (χ2v) is 7.30. The first-order valence-electron chi connectivity index (χ1n) is 8.93. The van der Waals surface area contributed by atoms with Gasteiger partial charge in [-0.2, -0.15) is 0 Å². The first-order valence-corrected chi connectivity index (χ1v) is 8.93. The lowest BCUT2D eigenvalue weighted by atomic mass is 9.84. The summed E-state index contributed by atoms with van der Waals surface area (Å²) in [4.78, 5) is 11.5. The second-order valence-electron chi connectivity index (χ2n) is 7.30. The minimum atomic E-state index is -0.892. The van der Waals surface area contributed by atoms with Crippen LogP contribution in [0.4, 0.5) is 0 Å². The summed E-state index contributed by atoms with van der Waals surface area (Å²) < 4.78 is 0. The summed E-state index contributed by atoms with van der Waals surface area (Å²) in [6.07, 6.45) is 0. The number of hydrogen-bond donors (Lipinski definition) is 2. The van der Waals surface area contributed by atoms with E-state index in [1.54, 1.807) is 13.8 Å². The molecule has 0 bridgehead atoms. The van der Waals surface area contributed by atoms with Crippen molar-refractivity contribution < 1.29 is 9.90 Å². The summed E-state index contributed by atoms with van der Waals surface area (Å²) in [6, 6.07) is 22.8. The minimum Gasteiger partial charge on any atom is -0.481 e. The van der Waals surface area contributed by atoms with E-state index in [-0.39, 0.29) is 6.04 Å². The normalized spacial score (nSPS) is 12.9. The topological polar surface area (TPSA) is 49.3 Å². The standard InChI is InChI=1S/C23H25NO2/c1-16(20-13-7-10-18-9-4-5-12-21(18)20)24-15-17-8-6-11-19(14-17)23(2,3)22(25)26/h4-14,16,24H,15H2,1-3H3,(H,25,26)/t16-/m1/s1. The lowest BCUT2D eigenvalue weighted by Gasteiger charge is -2.21. The van der Waals surface area contributed by atoms with Gasteiger partial charge < -0.3 is 10.4 Å². The molecule has 0 aliphatic carbocycles. The van der Waals surface area contributed by atoms with E-state index in [4.69, 9.17) is 0 Å². The van der Waals surface area contributed by atoms with E-state index < -0.39 is 11.4 Å². The monoisotopic (exact) mass is 347 g/mol. The van der Waals surface area contributed by atoms with Gasteiger partial charge in [-0.05, 0) is 48.2 Å². The number of carboxylic acid groups (broad SMARTS) is 1. The zero-order chi connectivity index (χ0) is 18.7. The molecule has 134 valence electrons. The summed E-state index contributed by atoms with van der Waals surface area (Å²) in [5.41, 5.74) is 2.29. The third-order valence-electron chi connectivity index (χ3n) is 5.09. The number of carbonyl (C=O) groups is 1. The summed E-state index contributed by atoms with van der Waals surface area (Å²) >= 11 is 0. The van der Waals surface area contributed by atoms with Gasteiger partial charge in [-0.1, -0.05) is 66.7 Å². The zero-order valence-corrected chi connectivity index (χ0v) is 15.5. The quantitative estimate of drug-likeness (QED) is 0.656. The smallest absolute Gasteiger partial charge is 0.313 e. The summed E-state index contributed by atoms with van der Waals surface area (Å²) in [5.74, 6) is -0.813. The van der Waals surface area contributed by atoms with Crippen molar-refractivity contribution in [2.45, 2.75) is 38.8 Å². The summed E-state index contributed by atoms with van der Waals surface area (Å²) in [5, 5.41) is 15.5. The number of fused-ring (bicyclic) bond motifs is 1. The molecule has 0 radical (unpaired) electrons. The molecule has 0 amide bonds. The SMILES string of the molecule is C[C@@H](NCc1cccc(C(C)(C)C(=O)O)c1)c1cccc2ccccc12. The van der Waals surface area contributed by atoms with Crippen molar-refractivity contribution >= 4 is 16.7 Å². The first-order chi connectivity index (χ1) is 12.4. The van der Waals surface area contributed by atoms with Crippen LogP contribution in [0, 0.1) is 0 Å². The maximum absolute atomic E-state index is 11.5. The van der Waals surface area contributed by atoms with Crippen molar-refractivity contribution in [3.05, 3.63) is 83.4 Å². The Morgan fingerprint density at radius 2 is 1.73 bits per heavy atom. The molecule has 26 heavy (non-hydrogen) atoms. The van der Waals surface area contributed by atoms with Crippen LogP contribution in [-0.2, 0) is 16.8 Å². The Kier molecular flexibility index (Phi) is 5.10. The van der Waals surface area contributed by atoms with Gasteiger partial charge >= 0.3 is 5.97 Å². The average Bonchev–Trinajstić information content (AvgIpc) is 2.65. The second kappa shape index (κ2) is 7.30. The molecular weight excluding hydrogens is 322 g/mol.